The van der Waals surface area contributed by atoms with Crippen LogP contribution in [-0.4, -0.2) is 21.5 Å². The molecule has 2 aromatic rings. The minimum absolute atomic E-state index is 0.734. The van der Waals surface area contributed by atoms with Gasteiger partial charge in [0.25, 0.3) is 0 Å². The molecule has 0 saturated heterocycles. The highest BCUT2D eigenvalue weighted by Crippen LogP contribution is 2.20. The smallest absolute Gasteiger partial charge is 0.178 e. The molecule has 0 amide bonds. The largest absolute Gasteiger partial charge is 0.313 e. The highest BCUT2D eigenvalue weighted by atomic mass is 14.9. The van der Waals surface area contributed by atoms with Crippen molar-refractivity contribution in [1.29, 1.82) is 0 Å². The quantitative estimate of drug-likeness (QED) is 0.907. The van der Waals surface area contributed by atoms with Crippen LogP contribution in [0.2, 0.25) is 0 Å². The van der Waals surface area contributed by atoms with Crippen molar-refractivity contribution in [3.8, 4) is 11.5 Å². The van der Waals surface area contributed by atoms with Crippen molar-refractivity contribution in [3.05, 3.63) is 40.8 Å². The Hall–Kier alpha value is -1.81. The second kappa shape index (κ2) is 6.57. The third-order valence-corrected chi connectivity index (χ3v) is 3.46. The Kier molecular flexibility index (Phi) is 4.79. The molecule has 0 saturated carbocycles. The first-order valence-electron chi connectivity index (χ1n) is 7.16. The van der Waals surface area contributed by atoms with E-state index in [1.807, 2.05) is 19.9 Å². The van der Waals surface area contributed by atoms with Gasteiger partial charge in [-0.3, -0.25) is 4.98 Å². The number of hydrogen-bond donors (Lipinski definition) is 1. The van der Waals surface area contributed by atoms with Gasteiger partial charge in [0, 0.05) is 29.7 Å². The van der Waals surface area contributed by atoms with Gasteiger partial charge in [-0.15, -0.1) is 0 Å². The molecule has 0 aliphatic rings. The van der Waals surface area contributed by atoms with Crippen LogP contribution >= 0.6 is 0 Å². The van der Waals surface area contributed by atoms with Crippen LogP contribution in [0.15, 0.2) is 18.3 Å². The lowest BCUT2D eigenvalue weighted by Gasteiger charge is -2.12. The van der Waals surface area contributed by atoms with Gasteiger partial charge in [0.1, 0.15) is 5.69 Å². The minimum Gasteiger partial charge on any atom is -0.313 e. The molecule has 4 heteroatoms. The first kappa shape index (κ1) is 14.6. The predicted octanol–water partition coefficient (Wildman–Crippen LogP) is 2.83. The molecular weight excluding hydrogens is 248 g/mol. The number of pyridine rings is 1. The SMILES string of the molecule is CCNCc1c(C)nc(-c2ncccc2CC)nc1C. The molecule has 20 heavy (non-hydrogen) atoms. The van der Waals surface area contributed by atoms with Crippen LogP contribution < -0.4 is 5.32 Å². The van der Waals surface area contributed by atoms with Gasteiger partial charge in [-0.1, -0.05) is 19.9 Å². The summed E-state index contributed by atoms with van der Waals surface area (Å²) in [4.78, 5) is 13.8. The van der Waals surface area contributed by atoms with Gasteiger partial charge in [-0.25, -0.2) is 9.97 Å². The summed E-state index contributed by atoms with van der Waals surface area (Å²) in [6.07, 6.45) is 2.73. The third-order valence-electron chi connectivity index (χ3n) is 3.46. The molecule has 0 spiro atoms. The van der Waals surface area contributed by atoms with Crippen molar-refractivity contribution < 1.29 is 0 Å². The molecule has 0 atom stereocenters. The third kappa shape index (κ3) is 3.02. The molecule has 0 aliphatic carbocycles. The zero-order chi connectivity index (χ0) is 14.5. The van der Waals surface area contributed by atoms with Crippen LogP contribution in [0.3, 0.4) is 0 Å². The van der Waals surface area contributed by atoms with Crippen molar-refractivity contribution in [2.24, 2.45) is 0 Å². The van der Waals surface area contributed by atoms with Crippen LogP contribution in [-0.2, 0) is 13.0 Å². The van der Waals surface area contributed by atoms with E-state index in [9.17, 15) is 0 Å². The van der Waals surface area contributed by atoms with Crippen LogP contribution in [0.5, 0.6) is 0 Å². The van der Waals surface area contributed by atoms with Crippen LogP contribution in [0.25, 0.3) is 11.5 Å². The van der Waals surface area contributed by atoms with E-state index >= 15 is 0 Å². The van der Waals surface area contributed by atoms with Crippen LogP contribution in [0, 0.1) is 13.8 Å². The summed E-state index contributed by atoms with van der Waals surface area (Å²) >= 11 is 0. The Morgan fingerprint density at radius 1 is 1.10 bits per heavy atom. The summed E-state index contributed by atoms with van der Waals surface area (Å²) in [6.45, 7) is 10.1. The lowest BCUT2D eigenvalue weighted by atomic mass is 10.1. The van der Waals surface area contributed by atoms with E-state index in [0.29, 0.717) is 0 Å². The van der Waals surface area contributed by atoms with Crippen molar-refractivity contribution >= 4 is 0 Å². The summed E-state index contributed by atoms with van der Waals surface area (Å²) < 4.78 is 0. The first-order valence-corrected chi connectivity index (χ1v) is 7.16. The lowest BCUT2D eigenvalue weighted by molar-refractivity contribution is 0.711. The highest BCUT2D eigenvalue weighted by Gasteiger charge is 2.12. The zero-order valence-corrected chi connectivity index (χ0v) is 12.7. The van der Waals surface area contributed by atoms with E-state index in [1.165, 1.54) is 11.1 Å². The van der Waals surface area contributed by atoms with Gasteiger partial charge in [0.15, 0.2) is 5.82 Å². The van der Waals surface area contributed by atoms with Crippen molar-refractivity contribution in [1.82, 2.24) is 20.3 Å². The van der Waals surface area contributed by atoms with Gasteiger partial charge < -0.3 is 5.32 Å². The monoisotopic (exact) mass is 270 g/mol. The minimum atomic E-state index is 0.734. The number of nitrogens with one attached hydrogen (secondary N) is 1. The normalized spacial score (nSPS) is 10.8. The number of aryl methyl sites for hydroxylation is 3. The van der Waals surface area contributed by atoms with Gasteiger partial charge in [-0.05, 0) is 38.4 Å². The average Bonchev–Trinajstić information content (AvgIpc) is 2.46. The Morgan fingerprint density at radius 3 is 2.40 bits per heavy atom. The Balaban J connectivity index is 2.44. The molecule has 106 valence electrons. The first-order chi connectivity index (χ1) is 9.67. The van der Waals surface area contributed by atoms with Gasteiger partial charge >= 0.3 is 0 Å². The van der Waals surface area contributed by atoms with Crippen molar-refractivity contribution in [2.45, 2.75) is 40.7 Å². The fourth-order valence-electron chi connectivity index (χ4n) is 2.28. The molecule has 0 radical (unpaired) electrons. The number of aromatic nitrogens is 3. The molecule has 0 fully saturated rings. The topological polar surface area (TPSA) is 50.7 Å². The molecule has 4 nitrogen and oxygen atoms in total. The van der Waals surface area contributed by atoms with E-state index < -0.39 is 0 Å². The number of rotatable bonds is 5. The van der Waals surface area contributed by atoms with E-state index in [4.69, 9.17) is 0 Å². The number of hydrogen-bond acceptors (Lipinski definition) is 4. The molecule has 0 unspecified atom stereocenters. The fraction of sp³-hybridized carbons (Fsp3) is 0.438. The van der Waals surface area contributed by atoms with Crippen molar-refractivity contribution in [3.63, 3.8) is 0 Å². The molecule has 0 aromatic carbocycles. The number of nitrogens with zero attached hydrogens (tertiary/aromatic N) is 3. The van der Waals surface area contributed by atoms with E-state index in [1.54, 1.807) is 6.20 Å². The van der Waals surface area contributed by atoms with Crippen LogP contribution in [0.4, 0.5) is 0 Å². The van der Waals surface area contributed by atoms with Gasteiger partial charge in [0.2, 0.25) is 0 Å². The maximum Gasteiger partial charge on any atom is 0.178 e. The van der Waals surface area contributed by atoms with E-state index in [2.05, 4.69) is 40.2 Å². The second-order valence-electron chi connectivity index (χ2n) is 4.84. The summed E-state index contributed by atoms with van der Waals surface area (Å²) in [5.41, 5.74) is 5.33. The molecular formula is C16H22N4. The molecule has 0 bridgehead atoms. The van der Waals surface area contributed by atoms with E-state index in [-0.39, 0.29) is 0 Å². The van der Waals surface area contributed by atoms with E-state index in [0.717, 1.165) is 42.4 Å². The zero-order valence-electron chi connectivity index (χ0n) is 12.7. The van der Waals surface area contributed by atoms with Crippen LogP contribution in [0.1, 0.15) is 36.4 Å². The molecule has 0 aliphatic heterocycles. The molecule has 1 N–H and O–H groups in total. The maximum absolute atomic E-state index is 4.65. The molecule has 2 aromatic heterocycles. The Bertz CT molecular complexity index is 570. The highest BCUT2D eigenvalue weighted by molar-refractivity contribution is 5.55. The molecule has 2 rings (SSSR count). The second-order valence-corrected chi connectivity index (χ2v) is 4.84. The fourth-order valence-corrected chi connectivity index (χ4v) is 2.28. The Labute approximate surface area is 120 Å². The van der Waals surface area contributed by atoms with Crippen molar-refractivity contribution in [2.75, 3.05) is 6.54 Å². The summed E-state index contributed by atoms with van der Waals surface area (Å²) in [6, 6.07) is 4.05. The van der Waals surface area contributed by atoms with Gasteiger partial charge in [-0.2, -0.15) is 0 Å². The predicted molar refractivity (Wildman–Crippen MR) is 81.5 cm³/mol. The summed E-state index contributed by atoms with van der Waals surface area (Å²) in [7, 11) is 0. The summed E-state index contributed by atoms with van der Waals surface area (Å²) in [5, 5.41) is 3.33. The average molecular weight is 270 g/mol. The molecule has 2 heterocycles. The maximum atomic E-state index is 4.65. The van der Waals surface area contributed by atoms with Gasteiger partial charge in [0.05, 0.1) is 0 Å². The Morgan fingerprint density at radius 2 is 1.80 bits per heavy atom. The standard InChI is InChI=1S/C16H22N4/c1-5-13-8-7-9-18-15(13)16-19-11(3)14(10-17-6-2)12(4)20-16/h7-9,17H,5-6,10H2,1-4H3. The summed E-state index contributed by atoms with van der Waals surface area (Å²) in [5.74, 6) is 0.734. The lowest BCUT2D eigenvalue weighted by Crippen LogP contribution is -2.15.